The van der Waals surface area contributed by atoms with Crippen molar-refractivity contribution < 1.29 is 19.0 Å². The Morgan fingerprint density at radius 2 is 1.94 bits per heavy atom. The number of rotatable bonds is 8. The number of fused-ring (bicyclic) bond motifs is 2. The van der Waals surface area contributed by atoms with Crippen molar-refractivity contribution in [2.24, 2.45) is 5.92 Å². The Hall–Kier alpha value is -3.39. The fourth-order valence-corrected chi connectivity index (χ4v) is 4.06. The number of hydrogen-bond donors (Lipinski definition) is 3. The minimum atomic E-state index is -0.865. The number of para-hydroxylation sites is 1. The zero-order valence-electron chi connectivity index (χ0n) is 17.5. The summed E-state index contributed by atoms with van der Waals surface area (Å²) in [7, 11) is 0.500. The van der Waals surface area contributed by atoms with Gasteiger partial charge in [-0.2, -0.15) is 0 Å². The van der Waals surface area contributed by atoms with Crippen molar-refractivity contribution in [3.05, 3.63) is 72.6 Å². The molecule has 2 heterocycles. The lowest BCUT2D eigenvalue weighted by molar-refractivity contribution is -0.140. The van der Waals surface area contributed by atoms with Gasteiger partial charge in [0.2, 0.25) is 0 Å². The summed E-state index contributed by atoms with van der Waals surface area (Å²) in [5, 5.41) is 20.1. The fourth-order valence-electron chi connectivity index (χ4n) is 3.25. The van der Waals surface area contributed by atoms with Crippen LogP contribution in [0, 0.1) is 11.3 Å². The molecule has 2 aromatic carbocycles. The molecule has 0 saturated carbocycles. The second-order valence-electron chi connectivity index (χ2n) is 7.00. The number of aromatic amines is 1. The van der Waals surface area contributed by atoms with E-state index in [1.54, 1.807) is 6.20 Å². The molecule has 0 spiro atoms. The number of aromatic nitrogens is 2. The third kappa shape index (κ3) is 6.07. The van der Waals surface area contributed by atoms with Crippen LogP contribution in [-0.2, 0) is 11.2 Å². The zero-order valence-corrected chi connectivity index (χ0v) is 18.4. The molecule has 6 nitrogen and oxygen atoms in total. The number of aliphatic carboxylic acids is 1. The molecule has 0 aliphatic rings. The van der Waals surface area contributed by atoms with Gasteiger partial charge in [-0.3, -0.25) is 19.6 Å². The minimum absolute atomic E-state index is 0.0989. The largest absolute Gasteiger partial charge is 0.487 e. The number of H-pyrrole nitrogens is 1. The number of nitrogens with one attached hydrogen (secondary N) is 2. The molecule has 0 radical (unpaired) electrons. The van der Waals surface area contributed by atoms with Gasteiger partial charge in [0.05, 0.1) is 18.6 Å². The van der Waals surface area contributed by atoms with Gasteiger partial charge in [-0.05, 0) is 35.7 Å². The first-order valence-corrected chi connectivity index (χ1v) is 10.9. The van der Waals surface area contributed by atoms with Crippen molar-refractivity contribution in [3.8, 4) is 5.75 Å². The van der Waals surface area contributed by atoms with E-state index in [2.05, 4.69) is 9.97 Å². The predicted octanol–water partition coefficient (Wildman–Crippen LogP) is 5.33. The van der Waals surface area contributed by atoms with Crippen LogP contribution < -0.4 is 4.74 Å². The first-order valence-electron chi connectivity index (χ1n) is 9.93. The first-order chi connectivity index (χ1) is 15.6. The highest BCUT2D eigenvalue weighted by molar-refractivity contribution is 8.13. The van der Waals surface area contributed by atoms with Gasteiger partial charge in [-0.25, -0.2) is 0 Å². The standard InChI is InChI=1S/C23H21N3O3S.CH3F/c24-22(13-29-19-8-7-15-5-3-9-25-21(15)12-19)30-14-17(23(27)28)11-18-10-16-4-1-2-6-20(16)26-18;1-2/h1-10,12,17,24,26H,11,13-14H2,(H,27,28);1H3. The number of thioether (sulfide) groups is 1. The van der Waals surface area contributed by atoms with Crippen molar-refractivity contribution >= 4 is 44.6 Å². The van der Waals surface area contributed by atoms with Gasteiger partial charge >= 0.3 is 5.97 Å². The molecular formula is C24H24FN3O3S. The van der Waals surface area contributed by atoms with Crippen LogP contribution in [0.1, 0.15) is 5.69 Å². The maximum atomic E-state index is 11.7. The predicted molar refractivity (Wildman–Crippen MR) is 128 cm³/mol. The SMILES string of the molecule is CF.N=C(COc1ccc2cccnc2c1)SCC(Cc1cc2ccccc2[nH]1)C(=O)O. The second kappa shape index (κ2) is 11.3. The molecule has 0 fully saturated rings. The average molecular weight is 454 g/mol. The van der Waals surface area contributed by atoms with Gasteiger partial charge in [-0.15, -0.1) is 11.8 Å². The number of carboxylic acid groups (broad SMARTS) is 1. The molecular weight excluding hydrogens is 429 g/mol. The molecule has 0 saturated heterocycles. The van der Waals surface area contributed by atoms with E-state index in [9.17, 15) is 14.3 Å². The Balaban J connectivity index is 0.00000141. The molecule has 0 aliphatic carbocycles. The number of nitrogens with zero attached hydrogens (tertiary/aromatic N) is 1. The van der Waals surface area contributed by atoms with Crippen LogP contribution in [0.5, 0.6) is 5.75 Å². The number of pyridine rings is 1. The Bertz CT molecular complexity index is 1180. The highest BCUT2D eigenvalue weighted by Crippen LogP contribution is 2.22. The normalized spacial score (nSPS) is 11.6. The number of ether oxygens (including phenoxy) is 1. The summed E-state index contributed by atoms with van der Waals surface area (Å²) in [6.07, 6.45) is 2.12. The monoisotopic (exact) mass is 453 g/mol. The summed E-state index contributed by atoms with van der Waals surface area (Å²) in [5.41, 5.74) is 2.71. The lowest BCUT2D eigenvalue weighted by Gasteiger charge is -2.12. The Morgan fingerprint density at radius 1 is 1.16 bits per heavy atom. The van der Waals surface area contributed by atoms with Crippen LogP contribution in [-0.4, -0.2) is 45.6 Å². The van der Waals surface area contributed by atoms with Gasteiger partial charge < -0.3 is 14.8 Å². The minimum Gasteiger partial charge on any atom is -0.487 e. The smallest absolute Gasteiger partial charge is 0.307 e. The van der Waals surface area contributed by atoms with Crippen LogP contribution in [0.3, 0.4) is 0 Å². The van der Waals surface area contributed by atoms with Crippen molar-refractivity contribution in [1.29, 1.82) is 5.41 Å². The highest BCUT2D eigenvalue weighted by Gasteiger charge is 2.20. The highest BCUT2D eigenvalue weighted by atomic mass is 32.2. The molecule has 1 atom stereocenters. The van der Waals surface area contributed by atoms with E-state index in [4.69, 9.17) is 10.1 Å². The van der Waals surface area contributed by atoms with Crippen LogP contribution in [0.4, 0.5) is 4.39 Å². The van der Waals surface area contributed by atoms with E-state index in [1.807, 2.05) is 60.7 Å². The zero-order chi connectivity index (χ0) is 22.9. The lowest BCUT2D eigenvalue weighted by atomic mass is 10.1. The Labute approximate surface area is 189 Å². The second-order valence-corrected chi connectivity index (χ2v) is 8.12. The van der Waals surface area contributed by atoms with Gasteiger partial charge in [0.1, 0.15) is 17.4 Å². The fraction of sp³-hybridized carbons (Fsp3) is 0.208. The number of alkyl halides is 1. The topological polar surface area (TPSA) is 99.1 Å². The van der Waals surface area contributed by atoms with Crippen molar-refractivity contribution in [2.75, 3.05) is 19.5 Å². The number of hydrogen-bond acceptors (Lipinski definition) is 5. The van der Waals surface area contributed by atoms with E-state index >= 15 is 0 Å². The number of benzene rings is 2. The molecule has 0 bridgehead atoms. The van der Waals surface area contributed by atoms with Crippen LogP contribution in [0.25, 0.3) is 21.8 Å². The molecule has 0 amide bonds. The summed E-state index contributed by atoms with van der Waals surface area (Å²) in [6.45, 7) is 0.0989. The quantitative estimate of drug-likeness (QED) is 0.247. The molecule has 1 unspecified atom stereocenters. The summed E-state index contributed by atoms with van der Waals surface area (Å²) < 4.78 is 15.2. The third-order valence-corrected chi connectivity index (χ3v) is 5.84. The summed E-state index contributed by atoms with van der Waals surface area (Å²) in [6, 6.07) is 19.3. The number of carboxylic acids is 1. The van der Waals surface area contributed by atoms with Crippen molar-refractivity contribution in [2.45, 2.75) is 6.42 Å². The molecule has 8 heteroatoms. The Kier molecular flexibility index (Phi) is 8.21. The van der Waals surface area contributed by atoms with Crippen molar-refractivity contribution in [3.63, 3.8) is 0 Å². The molecule has 3 N–H and O–H groups in total. The maximum absolute atomic E-state index is 11.7. The number of carbonyl (C=O) groups is 1. The van der Waals surface area contributed by atoms with Gasteiger partial charge in [0.25, 0.3) is 0 Å². The van der Waals surface area contributed by atoms with E-state index < -0.39 is 11.9 Å². The van der Waals surface area contributed by atoms with Crippen LogP contribution >= 0.6 is 11.8 Å². The first kappa shape index (κ1) is 23.3. The van der Waals surface area contributed by atoms with Crippen molar-refractivity contribution in [1.82, 2.24) is 9.97 Å². The number of halogens is 1. The van der Waals surface area contributed by atoms with Gasteiger partial charge in [-0.1, -0.05) is 24.3 Å². The molecule has 4 rings (SSSR count). The average Bonchev–Trinajstić information content (AvgIpc) is 3.24. The van der Waals surface area contributed by atoms with Crippen LogP contribution in [0.2, 0.25) is 0 Å². The van der Waals surface area contributed by atoms with Gasteiger partial charge in [0.15, 0.2) is 0 Å². The van der Waals surface area contributed by atoms with E-state index in [1.165, 1.54) is 11.8 Å². The molecule has 166 valence electrons. The lowest BCUT2D eigenvalue weighted by Crippen LogP contribution is -2.21. The summed E-state index contributed by atoms with van der Waals surface area (Å²) in [4.78, 5) is 19.3. The maximum Gasteiger partial charge on any atom is 0.307 e. The van der Waals surface area contributed by atoms with E-state index in [-0.39, 0.29) is 6.61 Å². The Morgan fingerprint density at radius 3 is 2.72 bits per heavy atom. The molecule has 0 aliphatic heterocycles. The molecule has 4 aromatic rings. The third-order valence-electron chi connectivity index (χ3n) is 4.81. The van der Waals surface area contributed by atoms with Gasteiger partial charge in [0, 0.05) is 41.0 Å². The summed E-state index contributed by atoms with van der Waals surface area (Å²) in [5.74, 6) is -0.505. The van der Waals surface area contributed by atoms with E-state index in [0.29, 0.717) is 30.1 Å². The summed E-state index contributed by atoms with van der Waals surface area (Å²) >= 11 is 1.21. The molecule has 32 heavy (non-hydrogen) atoms. The van der Waals surface area contributed by atoms with Crippen LogP contribution in [0.15, 0.2) is 66.9 Å². The van der Waals surface area contributed by atoms with E-state index in [0.717, 1.165) is 27.5 Å². The molecule has 2 aromatic heterocycles.